The highest BCUT2D eigenvalue weighted by molar-refractivity contribution is 6.13. The molecule has 0 radical (unpaired) electrons. The van der Waals surface area contributed by atoms with Gasteiger partial charge in [-0.05, 0) is 78.2 Å². The van der Waals surface area contributed by atoms with E-state index in [4.69, 9.17) is 18.9 Å². The van der Waals surface area contributed by atoms with Gasteiger partial charge in [0.15, 0.2) is 11.5 Å². The van der Waals surface area contributed by atoms with Crippen LogP contribution in [0.5, 0.6) is 23.0 Å². The number of aromatic nitrogens is 1. The third-order valence-corrected chi connectivity index (χ3v) is 8.10. The standard InChI is InChI=1S/C36H34F3N3O5/c1-23-7-8-25(36(37,38)39)20-30(23)41-35(43)28-6-3-5-24-19-26(9-10-27(24)28)47-32-11-12-40-31-22-34(33(44-2)21-29(31)32)46-16-4-13-42-14-17-45-18-15-42/h3,5-12,19-22H,4,13-18H2,1-2H3,(H,41,43). The van der Waals surface area contributed by atoms with Gasteiger partial charge >= 0.3 is 6.18 Å². The molecule has 0 spiro atoms. The van der Waals surface area contributed by atoms with E-state index in [1.54, 1.807) is 56.6 Å². The zero-order valence-electron chi connectivity index (χ0n) is 26.0. The Morgan fingerprint density at radius 2 is 1.79 bits per heavy atom. The SMILES string of the molecule is COc1cc2c(Oc3ccc4c(C(=O)Nc5cc(C(F)(F)F)ccc5C)cccc4c3)ccnc2cc1OCCCN1CCOCC1. The maximum absolute atomic E-state index is 13.3. The highest BCUT2D eigenvalue weighted by atomic mass is 19.4. The van der Waals surface area contributed by atoms with Crippen LogP contribution in [-0.4, -0.2) is 62.4 Å². The highest BCUT2D eigenvalue weighted by Crippen LogP contribution is 2.38. The molecule has 1 aliphatic heterocycles. The number of benzene rings is 4. The zero-order chi connectivity index (χ0) is 33.0. The fraction of sp³-hybridized carbons (Fsp3) is 0.278. The van der Waals surface area contributed by atoms with Gasteiger partial charge in [-0.2, -0.15) is 13.2 Å². The van der Waals surface area contributed by atoms with E-state index < -0.39 is 17.6 Å². The monoisotopic (exact) mass is 645 g/mol. The smallest absolute Gasteiger partial charge is 0.416 e. The van der Waals surface area contributed by atoms with Crippen molar-refractivity contribution in [1.29, 1.82) is 0 Å². The van der Waals surface area contributed by atoms with Crippen LogP contribution in [0.15, 0.2) is 79.0 Å². The van der Waals surface area contributed by atoms with Crippen molar-refractivity contribution in [3.8, 4) is 23.0 Å². The Morgan fingerprint density at radius 3 is 2.57 bits per heavy atom. The van der Waals surface area contributed by atoms with E-state index in [1.807, 2.05) is 18.2 Å². The van der Waals surface area contributed by atoms with Crippen LogP contribution in [0, 0.1) is 6.92 Å². The van der Waals surface area contributed by atoms with Gasteiger partial charge in [-0.15, -0.1) is 0 Å². The number of alkyl halides is 3. The first-order valence-corrected chi connectivity index (χ1v) is 15.3. The fourth-order valence-corrected chi connectivity index (χ4v) is 5.56. The molecule has 11 heteroatoms. The van der Waals surface area contributed by atoms with Crippen molar-refractivity contribution < 1.29 is 36.9 Å². The number of carbonyl (C=O) groups is 1. The maximum Gasteiger partial charge on any atom is 0.416 e. The van der Waals surface area contributed by atoms with Crippen molar-refractivity contribution in [2.24, 2.45) is 0 Å². The summed E-state index contributed by atoms with van der Waals surface area (Å²) in [4.78, 5) is 20.1. The molecular formula is C36H34F3N3O5. The van der Waals surface area contributed by atoms with Gasteiger partial charge in [-0.25, -0.2) is 0 Å². The average Bonchev–Trinajstić information content (AvgIpc) is 3.07. The summed E-state index contributed by atoms with van der Waals surface area (Å²) in [6.45, 7) is 6.50. The van der Waals surface area contributed by atoms with E-state index in [1.165, 1.54) is 6.07 Å². The van der Waals surface area contributed by atoms with E-state index in [-0.39, 0.29) is 5.69 Å². The topological polar surface area (TPSA) is 82.2 Å². The van der Waals surface area contributed by atoms with Crippen molar-refractivity contribution in [3.05, 3.63) is 95.7 Å². The number of aryl methyl sites for hydroxylation is 1. The molecule has 1 fully saturated rings. The molecule has 1 aromatic heterocycles. The molecule has 6 rings (SSSR count). The molecule has 47 heavy (non-hydrogen) atoms. The van der Waals surface area contributed by atoms with Gasteiger partial charge in [-0.1, -0.05) is 18.2 Å². The number of nitrogens with zero attached hydrogens (tertiary/aromatic N) is 2. The van der Waals surface area contributed by atoms with Gasteiger partial charge in [0.2, 0.25) is 0 Å². The van der Waals surface area contributed by atoms with E-state index in [0.29, 0.717) is 51.6 Å². The largest absolute Gasteiger partial charge is 0.493 e. The molecule has 8 nitrogen and oxygen atoms in total. The fourth-order valence-electron chi connectivity index (χ4n) is 5.56. The number of nitrogens with one attached hydrogen (secondary N) is 1. The number of fused-ring (bicyclic) bond motifs is 2. The molecule has 0 unspecified atom stereocenters. The van der Waals surface area contributed by atoms with Crippen molar-refractivity contribution in [1.82, 2.24) is 9.88 Å². The quantitative estimate of drug-likeness (QED) is 0.155. The van der Waals surface area contributed by atoms with Crippen molar-refractivity contribution >= 4 is 33.3 Å². The van der Waals surface area contributed by atoms with Crippen LogP contribution in [0.25, 0.3) is 21.7 Å². The number of amides is 1. The zero-order valence-corrected chi connectivity index (χ0v) is 26.0. The van der Waals surface area contributed by atoms with Crippen LogP contribution >= 0.6 is 0 Å². The van der Waals surface area contributed by atoms with Crippen LogP contribution in [0.3, 0.4) is 0 Å². The molecule has 0 atom stereocenters. The summed E-state index contributed by atoms with van der Waals surface area (Å²) in [6, 6.07) is 19.2. The molecule has 1 N–H and O–H groups in total. The third-order valence-electron chi connectivity index (χ3n) is 8.10. The maximum atomic E-state index is 13.3. The summed E-state index contributed by atoms with van der Waals surface area (Å²) in [6.07, 6.45) is -1.99. The first-order valence-electron chi connectivity index (χ1n) is 15.3. The molecule has 0 saturated carbocycles. The summed E-state index contributed by atoms with van der Waals surface area (Å²) in [5.74, 6) is 1.73. The predicted molar refractivity (Wildman–Crippen MR) is 174 cm³/mol. The van der Waals surface area contributed by atoms with Crippen LogP contribution < -0.4 is 19.5 Å². The lowest BCUT2D eigenvalue weighted by atomic mass is 10.0. The molecule has 1 aliphatic rings. The van der Waals surface area contributed by atoms with Gasteiger partial charge in [0.25, 0.3) is 5.91 Å². The number of hydrogen-bond acceptors (Lipinski definition) is 7. The summed E-state index contributed by atoms with van der Waals surface area (Å²) in [5, 5.41) is 4.72. The average molecular weight is 646 g/mol. The lowest BCUT2D eigenvalue weighted by Crippen LogP contribution is -2.37. The Balaban J connectivity index is 1.19. The molecule has 1 amide bonds. The number of ether oxygens (including phenoxy) is 4. The lowest BCUT2D eigenvalue weighted by molar-refractivity contribution is -0.137. The van der Waals surface area contributed by atoms with E-state index in [9.17, 15) is 18.0 Å². The number of methoxy groups -OCH3 is 1. The predicted octanol–water partition coefficient (Wildman–Crippen LogP) is 7.87. The van der Waals surface area contributed by atoms with Crippen molar-refractivity contribution in [2.45, 2.75) is 19.5 Å². The molecule has 2 heterocycles. The molecule has 1 saturated heterocycles. The minimum Gasteiger partial charge on any atom is -0.493 e. The Kier molecular flexibility index (Phi) is 9.46. The van der Waals surface area contributed by atoms with Gasteiger partial charge < -0.3 is 24.3 Å². The first kappa shape index (κ1) is 32.1. The number of carbonyl (C=O) groups excluding carboxylic acids is 1. The number of halogens is 3. The second kappa shape index (κ2) is 13.9. The summed E-state index contributed by atoms with van der Waals surface area (Å²) in [7, 11) is 1.59. The van der Waals surface area contributed by atoms with Crippen molar-refractivity contribution in [2.75, 3.05) is 51.9 Å². The second-order valence-corrected chi connectivity index (χ2v) is 11.3. The number of pyridine rings is 1. The third kappa shape index (κ3) is 7.42. The number of morpholine rings is 1. The minimum atomic E-state index is -4.52. The Morgan fingerprint density at radius 1 is 0.957 bits per heavy atom. The lowest BCUT2D eigenvalue weighted by Gasteiger charge is -2.26. The van der Waals surface area contributed by atoms with E-state index >= 15 is 0 Å². The van der Waals surface area contributed by atoms with Crippen LogP contribution in [0.2, 0.25) is 0 Å². The van der Waals surface area contributed by atoms with Gasteiger partial charge in [-0.3, -0.25) is 14.7 Å². The number of anilines is 1. The van der Waals surface area contributed by atoms with Crippen LogP contribution in [0.1, 0.15) is 27.9 Å². The Labute approximate surface area is 270 Å². The van der Waals surface area contributed by atoms with E-state index in [2.05, 4.69) is 15.2 Å². The normalized spacial score (nSPS) is 13.9. The Hall–Kier alpha value is -4.87. The minimum absolute atomic E-state index is 0.100. The molecular weight excluding hydrogens is 611 g/mol. The molecule has 0 aliphatic carbocycles. The molecule has 244 valence electrons. The summed E-state index contributed by atoms with van der Waals surface area (Å²) >= 11 is 0. The van der Waals surface area contributed by atoms with Gasteiger partial charge in [0, 0.05) is 48.5 Å². The summed E-state index contributed by atoms with van der Waals surface area (Å²) < 4.78 is 63.3. The molecule has 4 aromatic carbocycles. The number of hydrogen-bond donors (Lipinski definition) is 1. The number of rotatable bonds is 10. The second-order valence-electron chi connectivity index (χ2n) is 11.3. The highest BCUT2D eigenvalue weighted by Gasteiger charge is 2.31. The van der Waals surface area contributed by atoms with E-state index in [0.717, 1.165) is 62.2 Å². The van der Waals surface area contributed by atoms with Gasteiger partial charge in [0.05, 0.1) is 38.0 Å². The first-order chi connectivity index (χ1) is 22.7. The summed E-state index contributed by atoms with van der Waals surface area (Å²) in [5.41, 5.74) is 0.787. The Bertz CT molecular complexity index is 1910. The van der Waals surface area contributed by atoms with Crippen LogP contribution in [0.4, 0.5) is 18.9 Å². The van der Waals surface area contributed by atoms with Crippen molar-refractivity contribution in [3.63, 3.8) is 0 Å². The van der Waals surface area contributed by atoms with Gasteiger partial charge in [0.1, 0.15) is 11.5 Å². The van der Waals surface area contributed by atoms with Crippen LogP contribution in [-0.2, 0) is 10.9 Å². The molecule has 5 aromatic rings. The molecule has 0 bridgehead atoms.